The zero-order chi connectivity index (χ0) is 13.0. The Balaban J connectivity index is 1.78. The van der Waals surface area contributed by atoms with Gasteiger partial charge in [0.05, 0.1) is 5.54 Å². The molecular weight excluding hydrogens is 242 g/mol. The van der Waals surface area contributed by atoms with E-state index < -0.39 is 0 Å². The van der Waals surface area contributed by atoms with Crippen LogP contribution in [0.25, 0.3) is 0 Å². The predicted molar refractivity (Wildman–Crippen MR) is 78.2 cm³/mol. The topological polar surface area (TPSA) is 28.2 Å². The van der Waals surface area contributed by atoms with Gasteiger partial charge in [-0.05, 0) is 46.7 Å². The lowest BCUT2D eigenvalue weighted by Gasteiger charge is -2.29. The van der Waals surface area contributed by atoms with Gasteiger partial charge in [0.25, 0.3) is 0 Å². The van der Waals surface area contributed by atoms with Crippen molar-refractivity contribution in [2.24, 2.45) is 0 Å². The van der Waals surface area contributed by atoms with E-state index in [1.54, 1.807) is 11.3 Å². The van der Waals surface area contributed by atoms with E-state index in [2.05, 4.69) is 41.4 Å². The number of thiazole rings is 1. The zero-order valence-electron chi connectivity index (χ0n) is 11.8. The summed E-state index contributed by atoms with van der Waals surface area (Å²) >= 11 is 1.76. The number of aromatic nitrogens is 1. The number of likely N-dealkylation sites (tertiary alicyclic amines) is 1. The van der Waals surface area contributed by atoms with Crippen molar-refractivity contribution in [2.45, 2.75) is 45.6 Å². The molecule has 102 valence electrons. The molecule has 4 heteroatoms. The van der Waals surface area contributed by atoms with Gasteiger partial charge in [-0.25, -0.2) is 4.98 Å². The van der Waals surface area contributed by atoms with Crippen molar-refractivity contribution in [2.75, 3.05) is 26.2 Å². The van der Waals surface area contributed by atoms with Crippen LogP contribution < -0.4 is 5.32 Å². The normalized spacial score (nSPS) is 18.2. The minimum atomic E-state index is -0.00524. The number of nitrogens with one attached hydrogen (secondary N) is 1. The third-order valence-corrected chi connectivity index (χ3v) is 4.88. The third-order valence-electron chi connectivity index (χ3n) is 3.60. The van der Waals surface area contributed by atoms with Crippen LogP contribution in [0.4, 0.5) is 0 Å². The van der Waals surface area contributed by atoms with Crippen LogP contribution >= 0.6 is 11.3 Å². The Labute approximate surface area is 115 Å². The van der Waals surface area contributed by atoms with E-state index in [1.807, 2.05) is 0 Å². The SMILES string of the molecule is Cc1csc(C(C)(C)NCCN2CCCCC2)n1. The molecule has 18 heavy (non-hydrogen) atoms. The first-order valence-electron chi connectivity index (χ1n) is 6.98. The Kier molecular flexibility index (Phi) is 4.76. The predicted octanol–water partition coefficient (Wildman–Crippen LogP) is 2.76. The minimum Gasteiger partial charge on any atom is -0.305 e. The van der Waals surface area contributed by atoms with E-state index in [9.17, 15) is 0 Å². The van der Waals surface area contributed by atoms with E-state index >= 15 is 0 Å². The van der Waals surface area contributed by atoms with Crippen LogP contribution in [0.5, 0.6) is 0 Å². The van der Waals surface area contributed by atoms with Gasteiger partial charge in [-0.2, -0.15) is 0 Å². The number of hydrogen-bond acceptors (Lipinski definition) is 4. The molecule has 1 aromatic heterocycles. The first kappa shape index (κ1) is 14.0. The van der Waals surface area contributed by atoms with Crippen molar-refractivity contribution >= 4 is 11.3 Å². The highest BCUT2D eigenvalue weighted by atomic mass is 32.1. The first-order valence-corrected chi connectivity index (χ1v) is 7.86. The summed E-state index contributed by atoms with van der Waals surface area (Å²) < 4.78 is 0. The molecule has 2 rings (SSSR count). The molecule has 0 aromatic carbocycles. The van der Waals surface area contributed by atoms with Gasteiger partial charge in [0, 0.05) is 24.2 Å². The number of rotatable bonds is 5. The average molecular weight is 267 g/mol. The van der Waals surface area contributed by atoms with E-state index in [0.717, 1.165) is 18.8 Å². The molecule has 2 heterocycles. The molecule has 1 fully saturated rings. The largest absolute Gasteiger partial charge is 0.305 e. The quantitative estimate of drug-likeness (QED) is 0.889. The summed E-state index contributed by atoms with van der Waals surface area (Å²) in [5, 5.41) is 6.96. The van der Waals surface area contributed by atoms with Gasteiger partial charge in [-0.1, -0.05) is 6.42 Å². The van der Waals surface area contributed by atoms with Crippen LogP contribution in [0.1, 0.15) is 43.8 Å². The van der Waals surface area contributed by atoms with Crippen LogP contribution in [0.2, 0.25) is 0 Å². The van der Waals surface area contributed by atoms with Crippen LogP contribution in [-0.4, -0.2) is 36.1 Å². The molecule has 1 N–H and O–H groups in total. The lowest BCUT2D eigenvalue weighted by atomic mass is 10.1. The highest BCUT2D eigenvalue weighted by molar-refractivity contribution is 7.09. The molecule has 1 aromatic rings. The summed E-state index contributed by atoms with van der Waals surface area (Å²) in [6.45, 7) is 11.3. The number of piperidine rings is 1. The van der Waals surface area contributed by atoms with Crippen molar-refractivity contribution in [1.82, 2.24) is 15.2 Å². The number of nitrogens with zero attached hydrogens (tertiary/aromatic N) is 2. The molecule has 0 saturated carbocycles. The molecule has 0 atom stereocenters. The molecule has 0 amide bonds. The van der Waals surface area contributed by atoms with Gasteiger partial charge in [0.15, 0.2) is 0 Å². The maximum absolute atomic E-state index is 4.59. The first-order chi connectivity index (χ1) is 8.58. The molecule has 1 saturated heterocycles. The molecular formula is C14H25N3S. The van der Waals surface area contributed by atoms with Crippen LogP contribution in [0, 0.1) is 6.92 Å². The molecule has 0 bridgehead atoms. The van der Waals surface area contributed by atoms with Crippen LogP contribution in [0.3, 0.4) is 0 Å². The van der Waals surface area contributed by atoms with E-state index in [0.29, 0.717) is 0 Å². The standard InChI is InChI=1S/C14H25N3S/c1-12-11-18-13(16-12)14(2,3)15-7-10-17-8-5-4-6-9-17/h11,15H,4-10H2,1-3H3. The van der Waals surface area contributed by atoms with Crippen molar-refractivity contribution in [3.63, 3.8) is 0 Å². The summed E-state index contributed by atoms with van der Waals surface area (Å²) in [7, 11) is 0. The third kappa shape index (κ3) is 3.77. The molecule has 0 spiro atoms. The molecule has 0 unspecified atom stereocenters. The molecule has 0 radical (unpaired) electrons. The number of hydrogen-bond donors (Lipinski definition) is 1. The Morgan fingerprint density at radius 3 is 2.67 bits per heavy atom. The highest BCUT2D eigenvalue weighted by Crippen LogP contribution is 2.23. The Bertz CT molecular complexity index is 367. The van der Waals surface area contributed by atoms with E-state index in [1.165, 1.54) is 37.4 Å². The maximum Gasteiger partial charge on any atom is 0.112 e. The summed E-state index contributed by atoms with van der Waals surface area (Å²) in [6, 6.07) is 0. The van der Waals surface area contributed by atoms with Gasteiger partial charge in [-0.15, -0.1) is 11.3 Å². The molecule has 3 nitrogen and oxygen atoms in total. The summed E-state index contributed by atoms with van der Waals surface area (Å²) in [5.41, 5.74) is 1.12. The Morgan fingerprint density at radius 1 is 1.33 bits per heavy atom. The second kappa shape index (κ2) is 6.13. The van der Waals surface area contributed by atoms with Gasteiger partial charge in [0.1, 0.15) is 5.01 Å². The summed E-state index contributed by atoms with van der Waals surface area (Å²) in [6.07, 6.45) is 4.15. The molecule has 1 aliphatic rings. The van der Waals surface area contributed by atoms with E-state index in [-0.39, 0.29) is 5.54 Å². The Hall–Kier alpha value is -0.450. The van der Waals surface area contributed by atoms with Gasteiger partial charge in [-0.3, -0.25) is 0 Å². The second-order valence-electron chi connectivity index (χ2n) is 5.75. The maximum atomic E-state index is 4.59. The smallest absolute Gasteiger partial charge is 0.112 e. The lowest BCUT2D eigenvalue weighted by molar-refractivity contribution is 0.220. The zero-order valence-corrected chi connectivity index (χ0v) is 12.6. The highest BCUT2D eigenvalue weighted by Gasteiger charge is 2.23. The molecule has 1 aliphatic heterocycles. The van der Waals surface area contributed by atoms with Crippen LogP contribution in [-0.2, 0) is 5.54 Å². The fraction of sp³-hybridized carbons (Fsp3) is 0.786. The van der Waals surface area contributed by atoms with Crippen LogP contribution in [0.15, 0.2) is 5.38 Å². The Morgan fingerprint density at radius 2 is 2.06 bits per heavy atom. The summed E-state index contributed by atoms with van der Waals surface area (Å²) in [5.74, 6) is 0. The van der Waals surface area contributed by atoms with Gasteiger partial charge in [0.2, 0.25) is 0 Å². The van der Waals surface area contributed by atoms with Crippen molar-refractivity contribution in [1.29, 1.82) is 0 Å². The van der Waals surface area contributed by atoms with Crippen molar-refractivity contribution < 1.29 is 0 Å². The van der Waals surface area contributed by atoms with Gasteiger partial charge < -0.3 is 10.2 Å². The average Bonchev–Trinajstić information content (AvgIpc) is 2.78. The molecule has 0 aliphatic carbocycles. The van der Waals surface area contributed by atoms with Gasteiger partial charge >= 0.3 is 0 Å². The number of aryl methyl sites for hydroxylation is 1. The second-order valence-corrected chi connectivity index (χ2v) is 6.61. The lowest BCUT2D eigenvalue weighted by Crippen LogP contribution is -2.42. The summed E-state index contributed by atoms with van der Waals surface area (Å²) in [4.78, 5) is 7.16. The fourth-order valence-electron chi connectivity index (χ4n) is 2.43. The van der Waals surface area contributed by atoms with Crippen molar-refractivity contribution in [3.8, 4) is 0 Å². The monoisotopic (exact) mass is 267 g/mol. The fourth-order valence-corrected chi connectivity index (χ4v) is 3.32. The van der Waals surface area contributed by atoms with E-state index in [4.69, 9.17) is 0 Å². The minimum absolute atomic E-state index is 0.00524. The van der Waals surface area contributed by atoms with Crippen molar-refractivity contribution in [3.05, 3.63) is 16.1 Å².